The number of likely N-dealkylation sites (tertiary alicyclic amines) is 2. The highest BCUT2D eigenvalue weighted by molar-refractivity contribution is 5.92. The first-order valence-electron chi connectivity index (χ1n) is 23.0. The van der Waals surface area contributed by atoms with Gasteiger partial charge in [0.1, 0.15) is 17.8 Å². The Morgan fingerprint density at radius 1 is 0.937 bits per heavy atom. The highest BCUT2D eigenvalue weighted by atomic mass is 16.5. The molecule has 63 heavy (non-hydrogen) atoms. The molecule has 3 aromatic rings. The van der Waals surface area contributed by atoms with E-state index in [9.17, 15) is 19.5 Å². The topological polar surface area (TPSA) is 178 Å². The van der Waals surface area contributed by atoms with Gasteiger partial charge in [0.2, 0.25) is 17.8 Å². The van der Waals surface area contributed by atoms with Gasteiger partial charge in [-0.3, -0.25) is 9.59 Å². The maximum atomic E-state index is 14.0. The SMILES string of the molecule is COC(=O)[C@@H]1C[C@@H](OC)CN1C(=O)[C@@H](NC(=O)[C@H]1CCC2(CC1)C[C@H](N1CCC(c3cnc(N4CCN5c6cc(-c7ccccc7O)nnc6NC[C@H]5C4)nc3)CC1)C2)C(C)(C)C. The number of rotatable bonds is 9. The van der Waals surface area contributed by atoms with Crippen LogP contribution in [-0.2, 0) is 23.9 Å². The third-order valence-corrected chi connectivity index (χ3v) is 15.2. The van der Waals surface area contributed by atoms with E-state index in [0.29, 0.717) is 41.6 Å². The molecule has 3 saturated heterocycles. The molecule has 6 aliphatic rings. The van der Waals surface area contributed by atoms with Crippen LogP contribution in [0.2, 0.25) is 0 Å². The number of ether oxygens (including phenoxy) is 2. The van der Waals surface area contributed by atoms with Gasteiger partial charge in [0, 0.05) is 76.2 Å². The lowest BCUT2D eigenvalue weighted by molar-refractivity contribution is -0.153. The van der Waals surface area contributed by atoms with Crippen molar-refractivity contribution in [2.45, 2.75) is 115 Å². The number of hydrogen-bond donors (Lipinski definition) is 3. The molecule has 2 amide bonds. The number of amides is 2. The molecule has 2 aromatic heterocycles. The molecule has 6 heterocycles. The van der Waals surface area contributed by atoms with E-state index in [1.807, 2.05) is 51.4 Å². The zero-order chi connectivity index (χ0) is 44.0. The Kier molecular flexibility index (Phi) is 12.0. The van der Waals surface area contributed by atoms with E-state index in [4.69, 9.17) is 19.4 Å². The van der Waals surface area contributed by atoms with Crippen molar-refractivity contribution >= 4 is 35.2 Å². The number of phenols is 1. The predicted molar refractivity (Wildman–Crippen MR) is 238 cm³/mol. The van der Waals surface area contributed by atoms with Crippen molar-refractivity contribution in [3.63, 3.8) is 0 Å². The minimum absolute atomic E-state index is 0.0582. The van der Waals surface area contributed by atoms with Crippen molar-refractivity contribution < 1.29 is 29.0 Å². The molecule has 338 valence electrons. The smallest absolute Gasteiger partial charge is 0.328 e. The number of esters is 1. The molecule has 1 spiro atoms. The Morgan fingerprint density at radius 3 is 2.35 bits per heavy atom. The standard InChI is InChI=1S/C47H64N10O6/c1-46(2,3)40(43(60)57-28-34(62-4)20-38(57)44(61)63-5)51-42(59)30-10-14-47(15-11-30)22-32(23-47)54-16-12-29(13-17-54)31-24-49-45(50-25-31)55-18-19-56-33(27-55)26-48-41-37(56)21-36(52-53-41)35-8-6-7-9-39(35)58/h6-9,21,24-25,29-30,32-34,38,40,58H,10-20,22-23,26-28H2,1-5H3,(H,48,53)(H,51,59)/t30-,32-,33-,34+,38-,40+,47?/m0/s1. The maximum absolute atomic E-state index is 14.0. The third-order valence-electron chi connectivity index (χ3n) is 15.2. The Hall–Kier alpha value is -5.09. The van der Waals surface area contributed by atoms with Crippen LogP contribution in [0.3, 0.4) is 0 Å². The Bertz CT molecular complexity index is 2140. The predicted octanol–water partition coefficient (Wildman–Crippen LogP) is 4.60. The molecule has 0 unspecified atom stereocenters. The normalized spacial score (nSPS) is 28.1. The summed E-state index contributed by atoms with van der Waals surface area (Å²) in [6.45, 7) is 11.5. The molecule has 4 atom stereocenters. The maximum Gasteiger partial charge on any atom is 0.328 e. The Balaban J connectivity index is 0.726. The van der Waals surface area contributed by atoms with Gasteiger partial charge in [-0.25, -0.2) is 14.8 Å². The van der Waals surface area contributed by atoms with Gasteiger partial charge in [-0.2, -0.15) is 0 Å². The molecule has 16 nitrogen and oxygen atoms in total. The highest BCUT2D eigenvalue weighted by Crippen LogP contribution is 2.55. The van der Waals surface area contributed by atoms with Crippen molar-refractivity contribution in [1.29, 1.82) is 0 Å². The van der Waals surface area contributed by atoms with Crippen molar-refractivity contribution in [2.24, 2.45) is 16.7 Å². The number of piperazine rings is 1. The first kappa shape index (κ1) is 43.2. The van der Waals surface area contributed by atoms with E-state index in [2.05, 4.69) is 35.5 Å². The van der Waals surface area contributed by atoms with Gasteiger partial charge < -0.3 is 44.8 Å². The molecule has 3 N–H and O–H groups in total. The van der Waals surface area contributed by atoms with Crippen LogP contribution < -0.4 is 20.4 Å². The summed E-state index contributed by atoms with van der Waals surface area (Å²) in [5, 5.41) is 25.9. The number of piperidine rings is 1. The second-order valence-electron chi connectivity index (χ2n) is 20.0. The van der Waals surface area contributed by atoms with E-state index in [1.165, 1.54) is 30.4 Å². The number of nitrogens with one attached hydrogen (secondary N) is 2. The number of methoxy groups -OCH3 is 2. The van der Waals surface area contributed by atoms with Crippen molar-refractivity contribution in [3.8, 4) is 17.0 Å². The van der Waals surface area contributed by atoms with Crippen LogP contribution in [0.15, 0.2) is 42.7 Å². The number of aromatic hydroxyl groups is 1. The molecular weight excluding hydrogens is 801 g/mol. The second-order valence-corrected chi connectivity index (χ2v) is 20.0. The average Bonchev–Trinajstić information content (AvgIpc) is 3.74. The van der Waals surface area contributed by atoms with Gasteiger partial charge in [-0.05, 0) is 105 Å². The lowest BCUT2D eigenvalue weighted by atomic mass is 9.56. The molecule has 9 rings (SSSR count). The molecule has 5 fully saturated rings. The second kappa shape index (κ2) is 17.5. The molecule has 1 aromatic carbocycles. The third kappa shape index (κ3) is 8.64. The molecular formula is C47H64N10O6. The quantitative estimate of drug-likeness (QED) is 0.254. The largest absolute Gasteiger partial charge is 0.507 e. The van der Waals surface area contributed by atoms with Crippen LogP contribution in [0.1, 0.15) is 90.0 Å². The van der Waals surface area contributed by atoms with E-state index in [-0.39, 0.29) is 35.6 Å². The number of phenolic OH excluding ortho intramolecular Hbond substituents is 1. The van der Waals surface area contributed by atoms with Crippen LogP contribution in [0.5, 0.6) is 5.75 Å². The summed E-state index contributed by atoms with van der Waals surface area (Å²) < 4.78 is 10.5. The number of para-hydroxylation sites is 1. The number of carbonyl (C=O) groups is 3. The van der Waals surface area contributed by atoms with Crippen LogP contribution in [0.4, 0.5) is 17.5 Å². The molecule has 2 saturated carbocycles. The lowest BCUT2D eigenvalue weighted by Crippen LogP contribution is -2.58. The Labute approximate surface area is 370 Å². The van der Waals surface area contributed by atoms with Gasteiger partial charge >= 0.3 is 5.97 Å². The number of benzene rings is 1. The van der Waals surface area contributed by atoms with Gasteiger partial charge in [-0.15, -0.1) is 10.2 Å². The first-order chi connectivity index (χ1) is 30.3. The van der Waals surface area contributed by atoms with E-state index >= 15 is 0 Å². The highest BCUT2D eigenvalue weighted by Gasteiger charge is 2.50. The summed E-state index contributed by atoms with van der Waals surface area (Å²) in [5.41, 5.74) is 3.32. The van der Waals surface area contributed by atoms with Gasteiger partial charge in [-0.1, -0.05) is 32.9 Å². The fourth-order valence-corrected chi connectivity index (χ4v) is 11.3. The van der Waals surface area contributed by atoms with Crippen LogP contribution in [-0.4, -0.2) is 143 Å². The zero-order valence-electron chi connectivity index (χ0n) is 37.5. The van der Waals surface area contributed by atoms with Crippen molar-refractivity contribution in [2.75, 3.05) is 75.1 Å². The van der Waals surface area contributed by atoms with E-state index < -0.39 is 23.5 Å². The molecule has 2 aliphatic carbocycles. The summed E-state index contributed by atoms with van der Waals surface area (Å²) in [7, 11) is 2.91. The van der Waals surface area contributed by atoms with Crippen molar-refractivity contribution in [1.82, 2.24) is 35.3 Å². The average molecular weight is 865 g/mol. The van der Waals surface area contributed by atoms with E-state index in [1.54, 1.807) is 19.2 Å². The minimum atomic E-state index is -0.761. The summed E-state index contributed by atoms with van der Waals surface area (Å²) in [5.74, 6) is 1.29. The molecule has 0 bridgehead atoms. The number of carbonyl (C=O) groups excluding carboxylic acids is 3. The number of hydrogen-bond acceptors (Lipinski definition) is 14. The zero-order valence-corrected chi connectivity index (χ0v) is 37.5. The van der Waals surface area contributed by atoms with E-state index in [0.717, 1.165) is 95.2 Å². The first-order valence-corrected chi connectivity index (χ1v) is 23.0. The summed E-state index contributed by atoms with van der Waals surface area (Å²) in [6, 6.07) is 8.59. The minimum Gasteiger partial charge on any atom is -0.507 e. The number of fused-ring (bicyclic) bond motifs is 3. The molecule has 16 heteroatoms. The van der Waals surface area contributed by atoms with Crippen LogP contribution in [0, 0.1) is 16.7 Å². The summed E-state index contributed by atoms with van der Waals surface area (Å²) >= 11 is 0. The lowest BCUT2D eigenvalue weighted by Gasteiger charge is -2.55. The number of nitrogens with zero attached hydrogens (tertiary/aromatic N) is 8. The Morgan fingerprint density at radius 2 is 1.67 bits per heavy atom. The summed E-state index contributed by atoms with van der Waals surface area (Å²) in [6.07, 6.45) is 12.6. The van der Waals surface area contributed by atoms with Crippen LogP contribution >= 0.6 is 0 Å². The van der Waals surface area contributed by atoms with Crippen molar-refractivity contribution in [3.05, 3.63) is 48.3 Å². The fraction of sp³-hybridized carbons (Fsp3) is 0.638. The number of anilines is 3. The number of aromatic nitrogens is 4. The van der Waals surface area contributed by atoms with Crippen LogP contribution in [0.25, 0.3) is 11.3 Å². The van der Waals surface area contributed by atoms with Gasteiger partial charge in [0.05, 0.1) is 30.6 Å². The summed E-state index contributed by atoms with van der Waals surface area (Å²) in [4.78, 5) is 59.0. The van der Waals surface area contributed by atoms with Gasteiger partial charge in [0.15, 0.2) is 5.82 Å². The van der Waals surface area contributed by atoms with Gasteiger partial charge in [0.25, 0.3) is 0 Å². The fourth-order valence-electron chi connectivity index (χ4n) is 11.3. The molecule has 0 radical (unpaired) electrons. The monoisotopic (exact) mass is 865 g/mol. The molecule has 4 aliphatic heterocycles.